The summed E-state index contributed by atoms with van der Waals surface area (Å²) in [5.41, 5.74) is 0. The van der Waals surface area contributed by atoms with E-state index in [0.29, 0.717) is 39.3 Å². The van der Waals surface area contributed by atoms with Crippen LogP contribution in [0.2, 0.25) is 0 Å². The topological polar surface area (TPSA) is 86.7 Å². The molecule has 1 fully saturated rings. The second-order valence-electron chi connectivity index (χ2n) is 7.15. The average Bonchev–Trinajstić information content (AvgIpc) is 2.65. The lowest BCUT2D eigenvalue weighted by Crippen LogP contribution is -2.54. The molecule has 1 saturated heterocycles. The van der Waals surface area contributed by atoms with Crippen LogP contribution in [0.5, 0.6) is 0 Å². The van der Waals surface area contributed by atoms with Gasteiger partial charge >= 0.3 is 0 Å². The van der Waals surface area contributed by atoms with Crippen molar-refractivity contribution in [2.45, 2.75) is 26.9 Å². The summed E-state index contributed by atoms with van der Waals surface area (Å²) in [6.45, 7) is 12.2. The minimum atomic E-state index is -3.27. The molecular formula is C18H40IN5O4S. The van der Waals surface area contributed by atoms with Gasteiger partial charge in [0.25, 0.3) is 0 Å². The van der Waals surface area contributed by atoms with Crippen molar-refractivity contribution in [2.24, 2.45) is 4.99 Å². The molecule has 1 aliphatic rings. The third kappa shape index (κ3) is 11.7. The Labute approximate surface area is 194 Å². The van der Waals surface area contributed by atoms with Crippen molar-refractivity contribution in [2.75, 3.05) is 85.5 Å². The highest BCUT2D eigenvalue weighted by Gasteiger charge is 2.28. The minimum absolute atomic E-state index is 0. The first-order valence-electron chi connectivity index (χ1n) is 10.1. The van der Waals surface area contributed by atoms with E-state index in [1.807, 2.05) is 27.8 Å². The van der Waals surface area contributed by atoms with E-state index in [9.17, 15) is 8.42 Å². The maximum atomic E-state index is 12.5. The Morgan fingerprint density at radius 1 is 1.17 bits per heavy atom. The molecule has 0 radical (unpaired) electrons. The summed E-state index contributed by atoms with van der Waals surface area (Å²) in [4.78, 5) is 9.02. The monoisotopic (exact) mass is 549 g/mol. The van der Waals surface area contributed by atoms with Gasteiger partial charge in [0.2, 0.25) is 10.0 Å². The summed E-state index contributed by atoms with van der Waals surface area (Å²) in [7, 11) is 0.476. The molecule has 1 aliphatic heterocycles. The fourth-order valence-electron chi connectivity index (χ4n) is 2.81. The molecule has 0 aliphatic carbocycles. The van der Waals surface area contributed by atoms with Crippen LogP contribution in [0.15, 0.2) is 4.99 Å². The van der Waals surface area contributed by atoms with Crippen molar-refractivity contribution < 1.29 is 17.9 Å². The van der Waals surface area contributed by atoms with Crippen LogP contribution in [-0.2, 0) is 19.5 Å². The number of aliphatic imine (C=N–C) groups is 1. The first-order chi connectivity index (χ1) is 13.3. The van der Waals surface area contributed by atoms with E-state index in [-0.39, 0.29) is 42.4 Å². The molecule has 174 valence electrons. The summed E-state index contributed by atoms with van der Waals surface area (Å²) in [6.07, 6.45) is 0.0412. The predicted octanol–water partition coefficient (Wildman–Crippen LogP) is 0.521. The Bertz CT molecular complexity index is 554. The number of hydrogen-bond donors (Lipinski definition) is 1. The highest BCUT2D eigenvalue weighted by molar-refractivity contribution is 14.0. The number of halogens is 1. The number of methoxy groups -OCH3 is 1. The van der Waals surface area contributed by atoms with Gasteiger partial charge in [-0.3, -0.25) is 4.99 Å². The van der Waals surface area contributed by atoms with Crippen LogP contribution in [0.1, 0.15) is 20.8 Å². The first-order valence-corrected chi connectivity index (χ1v) is 11.7. The third-order valence-electron chi connectivity index (χ3n) is 4.48. The van der Waals surface area contributed by atoms with Gasteiger partial charge in [0.05, 0.1) is 31.6 Å². The third-order valence-corrected chi connectivity index (χ3v) is 6.31. The molecule has 29 heavy (non-hydrogen) atoms. The molecule has 0 atom stereocenters. The van der Waals surface area contributed by atoms with Crippen LogP contribution in [0.25, 0.3) is 0 Å². The number of likely N-dealkylation sites (N-methyl/N-ethyl adjacent to an activating group) is 1. The van der Waals surface area contributed by atoms with E-state index >= 15 is 0 Å². The molecule has 9 nitrogen and oxygen atoms in total. The second-order valence-corrected chi connectivity index (χ2v) is 9.24. The fourth-order valence-corrected chi connectivity index (χ4v) is 4.09. The molecule has 0 amide bonds. The van der Waals surface area contributed by atoms with E-state index < -0.39 is 10.0 Å². The zero-order chi connectivity index (χ0) is 21.0. The van der Waals surface area contributed by atoms with Crippen molar-refractivity contribution >= 4 is 40.0 Å². The Balaban J connectivity index is 0.00000784. The van der Waals surface area contributed by atoms with Crippen LogP contribution < -0.4 is 5.32 Å². The molecule has 0 aromatic carbocycles. The van der Waals surface area contributed by atoms with E-state index in [1.54, 1.807) is 11.4 Å². The molecule has 1 N–H and O–H groups in total. The van der Waals surface area contributed by atoms with Gasteiger partial charge in [0.15, 0.2) is 5.96 Å². The smallest absolute Gasteiger partial charge is 0.216 e. The number of guanidine groups is 1. The lowest BCUT2D eigenvalue weighted by atomic mass is 10.4. The van der Waals surface area contributed by atoms with E-state index in [0.717, 1.165) is 25.6 Å². The number of nitrogens with zero attached hydrogens (tertiary/aromatic N) is 4. The molecule has 0 aromatic rings. The maximum Gasteiger partial charge on any atom is 0.216 e. The molecule has 0 unspecified atom stereocenters. The van der Waals surface area contributed by atoms with E-state index in [2.05, 4.69) is 15.1 Å². The number of piperazine rings is 1. The van der Waals surface area contributed by atoms with Gasteiger partial charge in [0.1, 0.15) is 0 Å². The number of sulfonamides is 1. The van der Waals surface area contributed by atoms with Gasteiger partial charge in [-0.15, -0.1) is 24.0 Å². The van der Waals surface area contributed by atoms with Crippen LogP contribution in [0.3, 0.4) is 0 Å². The predicted molar refractivity (Wildman–Crippen MR) is 129 cm³/mol. The standard InChI is InChI=1S/C18H39N5O4S.HI/c1-6-19-18(20-7-8-21(4)13-14-26-5)22-9-11-23(12-10-22)28(24,25)16-15-27-17(2)3;/h17H,6-16H2,1-5H3,(H,19,20);1H. The van der Waals surface area contributed by atoms with Crippen LogP contribution in [-0.4, -0.2) is 120 Å². The maximum absolute atomic E-state index is 12.5. The Kier molecular flexibility index (Phi) is 15.5. The normalized spacial score (nSPS) is 16.4. The molecular weight excluding hydrogens is 509 g/mol. The molecule has 0 spiro atoms. The molecule has 0 saturated carbocycles. The lowest BCUT2D eigenvalue weighted by Gasteiger charge is -2.36. The Hall–Kier alpha value is -0.210. The summed E-state index contributed by atoms with van der Waals surface area (Å²) in [5.74, 6) is 0.885. The number of nitrogens with one attached hydrogen (secondary N) is 1. The Morgan fingerprint density at radius 3 is 2.38 bits per heavy atom. The van der Waals surface area contributed by atoms with Gasteiger partial charge in [-0.2, -0.15) is 4.31 Å². The highest BCUT2D eigenvalue weighted by atomic mass is 127. The van der Waals surface area contributed by atoms with Crippen LogP contribution in [0.4, 0.5) is 0 Å². The molecule has 0 aromatic heterocycles. The zero-order valence-electron chi connectivity index (χ0n) is 18.6. The molecule has 1 rings (SSSR count). The van der Waals surface area contributed by atoms with Crippen LogP contribution >= 0.6 is 24.0 Å². The van der Waals surface area contributed by atoms with Gasteiger partial charge in [-0.05, 0) is 27.8 Å². The lowest BCUT2D eigenvalue weighted by molar-refractivity contribution is 0.0904. The summed E-state index contributed by atoms with van der Waals surface area (Å²) >= 11 is 0. The average molecular weight is 550 g/mol. The summed E-state index contributed by atoms with van der Waals surface area (Å²) in [5, 5.41) is 3.31. The molecule has 1 heterocycles. The quantitative estimate of drug-likeness (QED) is 0.216. The summed E-state index contributed by atoms with van der Waals surface area (Å²) in [6, 6.07) is 0. The SMILES string of the molecule is CCNC(=NCCN(C)CCOC)N1CCN(S(=O)(=O)CCOC(C)C)CC1.I. The number of ether oxygens (including phenoxy) is 2. The number of rotatable bonds is 12. The molecule has 0 bridgehead atoms. The van der Waals surface area contributed by atoms with Gasteiger partial charge in [-0.1, -0.05) is 0 Å². The highest BCUT2D eigenvalue weighted by Crippen LogP contribution is 2.09. The van der Waals surface area contributed by atoms with E-state index in [1.165, 1.54) is 0 Å². The van der Waals surface area contributed by atoms with Gasteiger partial charge in [-0.25, -0.2) is 8.42 Å². The van der Waals surface area contributed by atoms with Gasteiger partial charge in [0, 0.05) is 52.9 Å². The zero-order valence-corrected chi connectivity index (χ0v) is 21.7. The van der Waals surface area contributed by atoms with Crippen molar-refractivity contribution in [3.63, 3.8) is 0 Å². The van der Waals surface area contributed by atoms with Crippen molar-refractivity contribution in [3.05, 3.63) is 0 Å². The molecule has 11 heteroatoms. The van der Waals surface area contributed by atoms with E-state index in [4.69, 9.17) is 14.5 Å². The second kappa shape index (κ2) is 15.6. The van der Waals surface area contributed by atoms with Gasteiger partial charge < -0.3 is 24.6 Å². The van der Waals surface area contributed by atoms with Crippen LogP contribution in [0, 0.1) is 0 Å². The Morgan fingerprint density at radius 2 is 1.83 bits per heavy atom. The van der Waals surface area contributed by atoms with Crippen molar-refractivity contribution in [3.8, 4) is 0 Å². The minimum Gasteiger partial charge on any atom is -0.383 e. The fraction of sp³-hybridized carbons (Fsp3) is 0.944. The van der Waals surface area contributed by atoms with Crippen molar-refractivity contribution in [1.82, 2.24) is 19.4 Å². The van der Waals surface area contributed by atoms with Crippen molar-refractivity contribution in [1.29, 1.82) is 0 Å². The number of hydrogen-bond acceptors (Lipinski definition) is 6. The largest absolute Gasteiger partial charge is 0.383 e. The first kappa shape index (κ1) is 28.8. The summed E-state index contributed by atoms with van der Waals surface area (Å²) < 4.78 is 37.0.